The Labute approximate surface area is 213 Å². The molecule has 2 aromatic carbocycles. The van der Waals surface area contributed by atoms with Crippen molar-refractivity contribution in [3.63, 3.8) is 0 Å². The number of carbonyl (C=O) groups is 1. The number of nitrogens with one attached hydrogen (secondary N) is 2. The zero-order valence-corrected chi connectivity index (χ0v) is 21.1. The molecular formula is C28H38F2N4O2. The highest BCUT2D eigenvalue weighted by atomic mass is 19.1. The van der Waals surface area contributed by atoms with Gasteiger partial charge in [0.15, 0.2) is 0 Å². The molecule has 0 spiro atoms. The van der Waals surface area contributed by atoms with E-state index in [4.69, 9.17) is 4.74 Å². The van der Waals surface area contributed by atoms with Crippen molar-refractivity contribution in [1.82, 2.24) is 15.1 Å². The van der Waals surface area contributed by atoms with E-state index in [1.807, 2.05) is 12.1 Å². The van der Waals surface area contributed by atoms with E-state index in [0.29, 0.717) is 24.1 Å². The van der Waals surface area contributed by atoms with Gasteiger partial charge >= 0.3 is 6.03 Å². The first-order chi connectivity index (χ1) is 17.5. The quantitative estimate of drug-likeness (QED) is 0.537. The van der Waals surface area contributed by atoms with Crippen molar-refractivity contribution < 1.29 is 18.3 Å². The minimum absolute atomic E-state index is 0.0571. The summed E-state index contributed by atoms with van der Waals surface area (Å²) in [6.07, 6.45) is 4.16. The van der Waals surface area contributed by atoms with E-state index in [1.54, 1.807) is 31.4 Å². The van der Waals surface area contributed by atoms with Crippen LogP contribution in [0.15, 0.2) is 48.5 Å². The van der Waals surface area contributed by atoms with Crippen molar-refractivity contribution in [3.05, 3.63) is 65.7 Å². The Kier molecular flexibility index (Phi) is 9.67. The SMILES string of the molecule is COCCN1CC[C@@H](NC(=O)Nc2ccc(F)cc2)[C@H](CN2CCCC(Cc3ccc(F)cc3)C2)C1. The molecule has 2 saturated heterocycles. The fraction of sp³-hybridized carbons (Fsp3) is 0.536. The van der Waals surface area contributed by atoms with Crippen LogP contribution in [-0.4, -0.2) is 74.9 Å². The summed E-state index contributed by atoms with van der Waals surface area (Å²) in [7, 11) is 1.72. The molecule has 3 atom stereocenters. The highest BCUT2D eigenvalue weighted by Gasteiger charge is 2.33. The number of methoxy groups -OCH3 is 1. The lowest BCUT2D eigenvalue weighted by atomic mass is 9.88. The third kappa shape index (κ3) is 7.98. The maximum atomic E-state index is 13.3. The van der Waals surface area contributed by atoms with E-state index in [2.05, 4.69) is 20.4 Å². The molecule has 1 unspecified atom stereocenters. The van der Waals surface area contributed by atoms with Gasteiger partial charge in [0.25, 0.3) is 0 Å². The number of benzene rings is 2. The Balaban J connectivity index is 1.35. The molecule has 36 heavy (non-hydrogen) atoms. The third-order valence-corrected chi connectivity index (χ3v) is 7.38. The monoisotopic (exact) mass is 500 g/mol. The number of anilines is 1. The number of nitrogens with zero attached hydrogens (tertiary/aromatic N) is 2. The molecule has 0 aromatic heterocycles. The lowest BCUT2D eigenvalue weighted by molar-refractivity contribution is 0.0689. The minimum Gasteiger partial charge on any atom is -0.383 e. The van der Waals surface area contributed by atoms with Crippen LogP contribution in [0, 0.1) is 23.5 Å². The number of rotatable bonds is 9. The van der Waals surface area contributed by atoms with Crippen LogP contribution >= 0.6 is 0 Å². The van der Waals surface area contributed by atoms with Gasteiger partial charge in [-0.05, 0) is 80.1 Å². The van der Waals surface area contributed by atoms with Gasteiger partial charge in [-0.15, -0.1) is 0 Å². The van der Waals surface area contributed by atoms with Gasteiger partial charge in [0.05, 0.1) is 6.61 Å². The summed E-state index contributed by atoms with van der Waals surface area (Å²) in [5, 5.41) is 6.02. The molecule has 2 fully saturated rings. The van der Waals surface area contributed by atoms with E-state index >= 15 is 0 Å². The molecule has 2 N–H and O–H groups in total. The molecule has 0 aliphatic carbocycles. The summed E-state index contributed by atoms with van der Waals surface area (Å²) >= 11 is 0. The van der Waals surface area contributed by atoms with Crippen LogP contribution in [0.5, 0.6) is 0 Å². The fourth-order valence-corrected chi connectivity index (χ4v) is 5.54. The molecule has 0 bridgehead atoms. The van der Waals surface area contributed by atoms with Gasteiger partial charge in [-0.1, -0.05) is 12.1 Å². The molecule has 2 amide bonds. The van der Waals surface area contributed by atoms with E-state index in [0.717, 1.165) is 58.5 Å². The second-order valence-electron chi connectivity index (χ2n) is 10.2. The van der Waals surface area contributed by atoms with Gasteiger partial charge in [0.2, 0.25) is 0 Å². The van der Waals surface area contributed by atoms with E-state index in [-0.39, 0.29) is 23.7 Å². The highest BCUT2D eigenvalue weighted by molar-refractivity contribution is 5.89. The summed E-state index contributed by atoms with van der Waals surface area (Å²) in [5.74, 6) is 0.315. The molecule has 8 heteroatoms. The van der Waals surface area contributed by atoms with Crippen LogP contribution in [0.4, 0.5) is 19.3 Å². The Bertz CT molecular complexity index is 957. The summed E-state index contributed by atoms with van der Waals surface area (Å²) in [5.41, 5.74) is 1.76. The van der Waals surface area contributed by atoms with Crippen LogP contribution in [0.1, 0.15) is 24.8 Å². The lowest BCUT2D eigenvalue weighted by Crippen LogP contribution is -2.56. The van der Waals surface area contributed by atoms with Crippen molar-refractivity contribution in [1.29, 1.82) is 0 Å². The number of hydrogen-bond acceptors (Lipinski definition) is 4. The fourth-order valence-electron chi connectivity index (χ4n) is 5.54. The van der Waals surface area contributed by atoms with Gasteiger partial charge in [-0.2, -0.15) is 0 Å². The van der Waals surface area contributed by atoms with Gasteiger partial charge in [0.1, 0.15) is 11.6 Å². The molecule has 2 aliphatic rings. The van der Waals surface area contributed by atoms with Gasteiger partial charge < -0.3 is 25.2 Å². The van der Waals surface area contributed by atoms with Crippen molar-refractivity contribution >= 4 is 11.7 Å². The van der Waals surface area contributed by atoms with E-state index in [1.165, 1.54) is 24.1 Å². The standard InChI is InChI=1S/C28H38F2N4O2/c1-36-16-15-33-14-12-27(32-28(35)31-26-10-8-25(30)9-11-26)23(19-33)20-34-13-2-3-22(18-34)17-21-4-6-24(29)7-5-21/h4-11,22-23,27H,2-3,12-20H2,1H3,(H2,31,32,35)/t22?,23-,27+/m0/s1. The van der Waals surface area contributed by atoms with Crippen LogP contribution in [0.25, 0.3) is 0 Å². The number of urea groups is 1. The average molecular weight is 501 g/mol. The molecule has 0 saturated carbocycles. The minimum atomic E-state index is -0.330. The van der Waals surface area contributed by atoms with Crippen LogP contribution < -0.4 is 10.6 Å². The molecule has 4 rings (SSSR count). The maximum absolute atomic E-state index is 13.3. The van der Waals surface area contributed by atoms with Crippen molar-refractivity contribution in [3.8, 4) is 0 Å². The van der Waals surface area contributed by atoms with Gasteiger partial charge in [0, 0.05) is 57.5 Å². The number of hydrogen-bond donors (Lipinski definition) is 2. The smallest absolute Gasteiger partial charge is 0.319 e. The predicted molar refractivity (Wildman–Crippen MR) is 138 cm³/mol. The normalized spacial score (nSPS) is 23.4. The average Bonchev–Trinajstić information content (AvgIpc) is 2.87. The van der Waals surface area contributed by atoms with Crippen molar-refractivity contribution in [2.45, 2.75) is 31.7 Å². The molecule has 2 aliphatic heterocycles. The number of piperidine rings is 2. The Morgan fingerprint density at radius 3 is 2.42 bits per heavy atom. The largest absolute Gasteiger partial charge is 0.383 e. The number of carbonyl (C=O) groups excluding carboxylic acids is 1. The highest BCUT2D eigenvalue weighted by Crippen LogP contribution is 2.25. The zero-order chi connectivity index (χ0) is 25.3. The molecule has 0 radical (unpaired) electrons. The van der Waals surface area contributed by atoms with Gasteiger partial charge in [-0.3, -0.25) is 0 Å². The number of amides is 2. The number of likely N-dealkylation sites (tertiary alicyclic amines) is 2. The zero-order valence-electron chi connectivity index (χ0n) is 21.1. The molecule has 2 aromatic rings. The number of halogens is 2. The second-order valence-corrected chi connectivity index (χ2v) is 10.2. The summed E-state index contributed by atoms with van der Waals surface area (Å²) in [4.78, 5) is 17.7. The number of ether oxygens (including phenoxy) is 1. The van der Waals surface area contributed by atoms with Crippen LogP contribution in [0.3, 0.4) is 0 Å². The molecule has 196 valence electrons. The Morgan fingerprint density at radius 2 is 1.69 bits per heavy atom. The van der Waals surface area contributed by atoms with E-state index < -0.39 is 0 Å². The third-order valence-electron chi connectivity index (χ3n) is 7.38. The second kappa shape index (κ2) is 13.1. The van der Waals surface area contributed by atoms with Crippen LogP contribution in [0.2, 0.25) is 0 Å². The Hall–Kier alpha value is -2.55. The Morgan fingerprint density at radius 1 is 0.972 bits per heavy atom. The van der Waals surface area contributed by atoms with Gasteiger partial charge in [-0.25, -0.2) is 13.6 Å². The first-order valence-corrected chi connectivity index (χ1v) is 13.0. The molecule has 2 heterocycles. The van der Waals surface area contributed by atoms with E-state index in [9.17, 15) is 13.6 Å². The molecule has 6 nitrogen and oxygen atoms in total. The predicted octanol–water partition coefficient (Wildman–Crippen LogP) is 4.38. The first kappa shape index (κ1) is 26.5. The molecular weight excluding hydrogens is 462 g/mol. The first-order valence-electron chi connectivity index (χ1n) is 13.0. The summed E-state index contributed by atoms with van der Waals surface area (Å²) < 4.78 is 31.8. The topological polar surface area (TPSA) is 56.8 Å². The lowest BCUT2D eigenvalue weighted by Gasteiger charge is -2.42. The summed E-state index contributed by atoms with van der Waals surface area (Å²) in [6, 6.07) is 12.5. The van der Waals surface area contributed by atoms with Crippen molar-refractivity contribution in [2.24, 2.45) is 11.8 Å². The maximum Gasteiger partial charge on any atom is 0.319 e. The summed E-state index contributed by atoms with van der Waals surface area (Å²) in [6.45, 7) is 6.39. The van der Waals surface area contributed by atoms with Crippen molar-refractivity contribution in [2.75, 3.05) is 58.3 Å². The van der Waals surface area contributed by atoms with Crippen LogP contribution in [-0.2, 0) is 11.2 Å².